The number of non-ortho nitro benzene ring substituents is 2. The summed E-state index contributed by atoms with van der Waals surface area (Å²) in [4.78, 5) is 54.8. The molecule has 0 aliphatic heterocycles. The molecule has 4 rings (SSSR count). The van der Waals surface area contributed by atoms with Gasteiger partial charge in [0.15, 0.2) is 11.6 Å². The summed E-state index contributed by atoms with van der Waals surface area (Å²) in [7, 11) is 3.36. The van der Waals surface area contributed by atoms with E-state index in [1.54, 1.807) is 29.3 Å². The van der Waals surface area contributed by atoms with Crippen LogP contribution in [-0.4, -0.2) is 50.7 Å². The number of fused-ring (bicyclic) bond motifs is 2. The molecule has 0 saturated carbocycles. The first-order valence-corrected chi connectivity index (χ1v) is 13.2. The van der Waals surface area contributed by atoms with E-state index in [9.17, 15) is 29.8 Å². The molecule has 0 atom stereocenters. The Hall–Kier alpha value is -3.78. The molecular formula is C23H22N6O6S2. The predicted octanol–water partition coefficient (Wildman–Crippen LogP) is 4.89. The van der Waals surface area contributed by atoms with Gasteiger partial charge in [0.05, 0.1) is 31.9 Å². The van der Waals surface area contributed by atoms with Crippen LogP contribution in [0.3, 0.4) is 0 Å². The van der Waals surface area contributed by atoms with Crippen molar-refractivity contribution in [3.05, 3.63) is 68.3 Å². The minimum absolute atomic E-state index is 0.0568. The van der Waals surface area contributed by atoms with E-state index in [0.29, 0.717) is 33.6 Å². The maximum atomic E-state index is 12.6. The Labute approximate surface area is 218 Å². The maximum absolute atomic E-state index is 12.6. The number of hydrogen-bond acceptors (Lipinski definition) is 10. The summed E-state index contributed by atoms with van der Waals surface area (Å²) in [6.07, 6.45) is 2.37. The molecule has 0 bridgehead atoms. The minimum Gasteiger partial charge on any atom is -0.324 e. The largest absolute Gasteiger partial charge is 0.324 e. The molecule has 37 heavy (non-hydrogen) atoms. The molecule has 0 aliphatic carbocycles. The van der Waals surface area contributed by atoms with E-state index in [4.69, 9.17) is 0 Å². The van der Waals surface area contributed by atoms with Gasteiger partial charge in [-0.1, -0.05) is 29.9 Å². The molecule has 2 heterocycles. The molecule has 0 radical (unpaired) electrons. The number of unbranched alkanes of at least 4 members (excludes halogenated alkanes) is 2. The highest BCUT2D eigenvalue weighted by molar-refractivity contribution is 8.14. The molecule has 192 valence electrons. The molecule has 0 unspecified atom stereocenters. The van der Waals surface area contributed by atoms with Crippen LogP contribution in [0.4, 0.5) is 11.4 Å². The predicted molar refractivity (Wildman–Crippen MR) is 142 cm³/mol. The van der Waals surface area contributed by atoms with E-state index in [-0.39, 0.29) is 33.3 Å². The molecule has 0 amide bonds. The van der Waals surface area contributed by atoms with Crippen LogP contribution >= 0.6 is 23.5 Å². The van der Waals surface area contributed by atoms with Gasteiger partial charge in [0.1, 0.15) is 0 Å². The smallest absolute Gasteiger partial charge is 0.271 e. The van der Waals surface area contributed by atoms with Crippen molar-refractivity contribution in [2.24, 2.45) is 14.1 Å². The summed E-state index contributed by atoms with van der Waals surface area (Å²) in [6, 6.07) is 8.62. The molecule has 12 nitrogen and oxygen atoms in total. The number of carbonyl (C=O) groups excluding carboxylic acids is 2. The van der Waals surface area contributed by atoms with Gasteiger partial charge in [-0.25, -0.2) is 9.97 Å². The lowest BCUT2D eigenvalue weighted by atomic mass is 10.3. The molecule has 0 saturated heterocycles. The first-order valence-electron chi connectivity index (χ1n) is 11.2. The van der Waals surface area contributed by atoms with Gasteiger partial charge >= 0.3 is 0 Å². The van der Waals surface area contributed by atoms with Crippen LogP contribution in [0, 0.1) is 20.2 Å². The number of nitrogens with zero attached hydrogens (tertiary/aromatic N) is 6. The van der Waals surface area contributed by atoms with Crippen molar-refractivity contribution in [3.8, 4) is 0 Å². The lowest BCUT2D eigenvalue weighted by molar-refractivity contribution is -0.384. The summed E-state index contributed by atoms with van der Waals surface area (Å²) < 4.78 is 3.20. The van der Waals surface area contributed by atoms with Gasteiger partial charge in [-0.15, -0.1) is 0 Å². The highest BCUT2D eigenvalue weighted by Crippen LogP contribution is 2.25. The third kappa shape index (κ3) is 5.64. The first-order chi connectivity index (χ1) is 17.7. The van der Waals surface area contributed by atoms with Gasteiger partial charge in [0.2, 0.25) is 0 Å². The normalized spacial score (nSPS) is 11.3. The second-order valence-electron chi connectivity index (χ2n) is 8.18. The standard InChI is InChI=1S/C23H22N6O6S2/c1-26-18-9-7-14(28(32)33)12-17(18)25-21(26)23(31)37-11-5-3-4-10-36-22(30)20-24-16-8-6-15(29(34)35)13-19(16)27(20)2/h6-9,12-13H,3-5,10-11H2,1-2H3. The summed E-state index contributed by atoms with van der Waals surface area (Å²) in [5.41, 5.74) is 1.97. The van der Waals surface area contributed by atoms with Crippen molar-refractivity contribution in [1.29, 1.82) is 0 Å². The topological polar surface area (TPSA) is 156 Å². The third-order valence-corrected chi connectivity index (χ3v) is 7.65. The number of aromatic nitrogens is 4. The summed E-state index contributed by atoms with van der Waals surface area (Å²) in [5, 5.41) is 21.6. The zero-order valence-corrected chi connectivity index (χ0v) is 21.6. The van der Waals surface area contributed by atoms with E-state index in [1.807, 2.05) is 0 Å². The number of carbonyl (C=O) groups is 2. The quantitative estimate of drug-likeness (QED) is 0.153. The average molecular weight is 543 g/mol. The number of nitro groups is 2. The first kappa shape index (κ1) is 26.3. The van der Waals surface area contributed by atoms with Crippen LogP contribution in [0.15, 0.2) is 36.4 Å². The molecule has 2 aromatic carbocycles. The monoisotopic (exact) mass is 542 g/mol. The zero-order chi connectivity index (χ0) is 26.7. The van der Waals surface area contributed by atoms with Crippen molar-refractivity contribution >= 4 is 67.2 Å². The van der Waals surface area contributed by atoms with E-state index >= 15 is 0 Å². The van der Waals surface area contributed by atoms with Crippen LogP contribution in [0.25, 0.3) is 22.1 Å². The Balaban J connectivity index is 1.22. The number of hydrogen-bond donors (Lipinski definition) is 0. The SMILES string of the molecule is Cn1c(C(=O)SCCCCCSC(=O)c2nc3ccc([N+](=O)[O-])cc3n2C)nc2cc([N+](=O)[O-])ccc21. The van der Waals surface area contributed by atoms with Gasteiger partial charge in [-0.3, -0.25) is 29.8 Å². The van der Waals surface area contributed by atoms with Gasteiger partial charge in [-0.2, -0.15) is 0 Å². The lowest BCUT2D eigenvalue weighted by Gasteiger charge is -2.03. The molecular weight excluding hydrogens is 520 g/mol. The number of imidazole rings is 2. The van der Waals surface area contributed by atoms with Crippen molar-refractivity contribution in [2.75, 3.05) is 11.5 Å². The number of benzene rings is 2. The van der Waals surface area contributed by atoms with E-state index in [0.717, 1.165) is 42.8 Å². The van der Waals surface area contributed by atoms with Crippen molar-refractivity contribution in [1.82, 2.24) is 19.1 Å². The minimum atomic E-state index is -0.497. The van der Waals surface area contributed by atoms with Gasteiger partial charge < -0.3 is 9.13 Å². The number of rotatable bonds is 10. The van der Waals surface area contributed by atoms with Crippen LogP contribution in [0.1, 0.15) is 40.5 Å². The molecule has 0 aliphatic rings. The van der Waals surface area contributed by atoms with Gasteiger partial charge in [0.25, 0.3) is 21.6 Å². The Bertz CT molecular complexity index is 1530. The summed E-state index contributed by atoms with van der Waals surface area (Å²) >= 11 is 2.29. The van der Waals surface area contributed by atoms with Crippen LogP contribution < -0.4 is 0 Å². The average Bonchev–Trinajstić information content (AvgIpc) is 3.39. The molecule has 0 fully saturated rings. The van der Waals surface area contributed by atoms with E-state index in [2.05, 4.69) is 9.97 Å². The van der Waals surface area contributed by atoms with Gasteiger partial charge in [0, 0.05) is 49.9 Å². The molecule has 2 aromatic heterocycles. The molecule has 4 aromatic rings. The highest BCUT2D eigenvalue weighted by Gasteiger charge is 2.19. The second kappa shape index (κ2) is 11.1. The van der Waals surface area contributed by atoms with Gasteiger partial charge in [-0.05, 0) is 25.0 Å². The second-order valence-corrected chi connectivity index (χ2v) is 10.3. The van der Waals surface area contributed by atoms with Crippen LogP contribution in [0.5, 0.6) is 0 Å². The van der Waals surface area contributed by atoms with Crippen molar-refractivity contribution in [3.63, 3.8) is 0 Å². The van der Waals surface area contributed by atoms with Crippen LogP contribution in [0.2, 0.25) is 0 Å². The van der Waals surface area contributed by atoms with E-state index in [1.165, 1.54) is 30.3 Å². The third-order valence-electron chi connectivity index (χ3n) is 5.77. The fourth-order valence-electron chi connectivity index (χ4n) is 3.80. The Morgan fingerprint density at radius 2 is 1.27 bits per heavy atom. The maximum Gasteiger partial charge on any atom is 0.271 e. The summed E-state index contributed by atoms with van der Waals surface area (Å²) in [5.74, 6) is 1.66. The molecule has 0 N–H and O–H groups in total. The number of nitro benzene ring substituents is 2. The Morgan fingerprint density at radius 1 is 0.757 bits per heavy atom. The number of aryl methyl sites for hydroxylation is 2. The fraction of sp³-hybridized carbons (Fsp3) is 0.304. The zero-order valence-electron chi connectivity index (χ0n) is 19.9. The van der Waals surface area contributed by atoms with E-state index < -0.39 is 9.85 Å². The van der Waals surface area contributed by atoms with Crippen LogP contribution in [-0.2, 0) is 14.1 Å². The fourth-order valence-corrected chi connectivity index (χ4v) is 5.49. The Kier molecular flexibility index (Phi) is 7.88. The van der Waals surface area contributed by atoms with Crippen molar-refractivity contribution < 1.29 is 19.4 Å². The molecule has 14 heteroatoms. The molecule has 0 spiro atoms. The van der Waals surface area contributed by atoms with Crippen molar-refractivity contribution in [2.45, 2.75) is 19.3 Å². The highest BCUT2D eigenvalue weighted by atomic mass is 32.2. The number of thioether (sulfide) groups is 2. The Morgan fingerprint density at radius 3 is 1.86 bits per heavy atom. The lowest BCUT2D eigenvalue weighted by Crippen LogP contribution is -2.05. The summed E-state index contributed by atoms with van der Waals surface area (Å²) in [6.45, 7) is 0.